The summed E-state index contributed by atoms with van der Waals surface area (Å²) in [7, 11) is 0. The largest absolute Gasteiger partial charge is 0.465 e. The number of aryl methyl sites for hydroxylation is 1. The zero-order chi connectivity index (χ0) is 12.5. The number of hydrogen-bond acceptors (Lipinski definition) is 3. The van der Waals surface area contributed by atoms with E-state index in [2.05, 4.69) is 19.9 Å². The van der Waals surface area contributed by atoms with E-state index in [0.29, 0.717) is 12.0 Å². The Bertz CT molecular complexity index is 404. The number of esters is 1. The van der Waals surface area contributed by atoms with E-state index in [9.17, 15) is 4.79 Å². The molecule has 1 aromatic rings. The first-order valence-electron chi connectivity index (χ1n) is 6.23. The lowest BCUT2D eigenvalue weighted by atomic mass is 10.1. The second-order valence-electron chi connectivity index (χ2n) is 5.40. The van der Waals surface area contributed by atoms with Crippen LogP contribution in [0.15, 0.2) is 12.1 Å². The first-order chi connectivity index (χ1) is 8.00. The third-order valence-corrected chi connectivity index (χ3v) is 4.78. The van der Waals surface area contributed by atoms with Crippen LogP contribution in [0.4, 0.5) is 0 Å². The number of ether oxygens (including phenoxy) is 1. The first kappa shape index (κ1) is 12.6. The zero-order valence-electron chi connectivity index (χ0n) is 10.8. The lowest BCUT2D eigenvalue weighted by molar-refractivity contribution is -0.145. The maximum atomic E-state index is 11.8. The molecule has 3 heteroatoms. The van der Waals surface area contributed by atoms with E-state index in [1.807, 2.05) is 13.0 Å². The molecule has 0 spiro atoms. The molecular weight excluding hydrogens is 232 g/mol. The van der Waals surface area contributed by atoms with Crippen LogP contribution in [0.2, 0.25) is 0 Å². The van der Waals surface area contributed by atoms with Crippen molar-refractivity contribution in [3.63, 3.8) is 0 Å². The van der Waals surface area contributed by atoms with E-state index < -0.39 is 0 Å². The van der Waals surface area contributed by atoms with E-state index in [1.165, 1.54) is 17.7 Å². The minimum atomic E-state index is -0.124. The highest BCUT2D eigenvalue weighted by atomic mass is 32.1. The number of thiophene rings is 1. The summed E-state index contributed by atoms with van der Waals surface area (Å²) in [6.45, 7) is 6.81. The van der Waals surface area contributed by atoms with E-state index >= 15 is 0 Å². The summed E-state index contributed by atoms with van der Waals surface area (Å²) >= 11 is 1.67. The molecule has 2 nitrogen and oxygen atoms in total. The molecule has 1 fully saturated rings. The molecule has 1 unspecified atom stereocenters. The molecule has 2 rings (SSSR count). The predicted octanol–water partition coefficient (Wildman–Crippen LogP) is 3.89. The van der Waals surface area contributed by atoms with Gasteiger partial charge in [0.1, 0.15) is 0 Å². The highest BCUT2D eigenvalue weighted by molar-refractivity contribution is 7.12. The molecule has 0 aromatic carbocycles. The molecule has 0 N–H and O–H groups in total. The van der Waals surface area contributed by atoms with Gasteiger partial charge in [-0.25, -0.2) is 0 Å². The topological polar surface area (TPSA) is 26.3 Å². The third kappa shape index (κ3) is 3.32. The Balaban J connectivity index is 1.79. The Hall–Kier alpha value is -0.830. The van der Waals surface area contributed by atoms with Gasteiger partial charge in [-0.3, -0.25) is 4.79 Å². The van der Waals surface area contributed by atoms with Crippen molar-refractivity contribution < 1.29 is 9.53 Å². The van der Waals surface area contributed by atoms with Gasteiger partial charge >= 0.3 is 5.97 Å². The van der Waals surface area contributed by atoms with Gasteiger partial charge in [0.05, 0.1) is 12.5 Å². The molecule has 0 bridgehead atoms. The van der Waals surface area contributed by atoms with Crippen LogP contribution >= 0.6 is 11.3 Å². The number of carbonyl (C=O) groups is 1. The smallest absolute Gasteiger partial charge is 0.313 e. The predicted molar refractivity (Wildman–Crippen MR) is 70.4 cm³/mol. The molecule has 1 saturated carbocycles. The molecule has 94 valence electrons. The summed E-state index contributed by atoms with van der Waals surface area (Å²) in [5, 5.41) is 0. The molecule has 1 atom stereocenters. The fourth-order valence-electron chi connectivity index (χ4n) is 1.79. The second kappa shape index (κ2) is 4.81. The lowest BCUT2D eigenvalue weighted by Crippen LogP contribution is -2.14. The lowest BCUT2D eigenvalue weighted by Gasteiger charge is -2.12. The molecule has 0 amide bonds. The van der Waals surface area contributed by atoms with Gasteiger partial charge in [-0.2, -0.15) is 0 Å². The fraction of sp³-hybridized carbons (Fsp3) is 0.643. The molecule has 0 saturated heterocycles. The van der Waals surface area contributed by atoms with E-state index in [4.69, 9.17) is 4.74 Å². The van der Waals surface area contributed by atoms with E-state index in [0.717, 1.165) is 11.3 Å². The van der Waals surface area contributed by atoms with Crippen molar-refractivity contribution in [2.45, 2.75) is 46.0 Å². The van der Waals surface area contributed by atoms with Crippen LogP contribution in [0.3, 0.4) is 0 Å². The summed E-state index contributed by atoms with van der Waals surface area (Å²) in [6.07, 6.45) is 3.57. The Labute approximate surface area is 107 Å². The van der Waals surface area contributed by atoms with Gasteiger partial charge in [-0.15, -0.1) is 11.3 Å². The van der Waals surface area contributed by atoms with Crippen LogP contribution in [0, 0.1) is 12.3 Å². The summed E-state index contributed by atoms with van der Waals surface area (Å²) in [5.41, 5.74) is 0.461. The van der Waals surface area contributed by atoms with Gasteiger partial charge in [0.2, 0.25) is 0 Å². The highest BCUT2D eigenvalue weighted by Gasteiger charge is 2.36. The summed E-state index contributed by atoms with van der Waals surface area (Å²) in [4.78, 5) is 14.2. The minimum absolute atomic E-state index is 0.0869. The molecule has 17 heavy (non-hydrogen) atoms. The van der Waals surface area contributed by atoms with Gasteiger partial charge in [-0.05, 0) is 50.7 Å². The van der Waals surface area contributed by atoms with Gasteiger partial charge < -0.3 is 4.74 Å². The Morgan fingerprint density at radius 2 is 2.24 bits per heavy atom. The van der Waals surface area contributed by atoms with Gasteiger partial charge in [0.15, 0.2) is 0 Å². The van der Waals surface area contributed by atoms with Crippen molar-refractivity contribution in [2.24, 2.45) is 5.41 Å². The Kier molecular flexibility index (Phi) is 3.57. The number of carbonyl (C=O) groups excluding carboxylic acids is 1. The number of rotatable bonds is 5. The average Bonchev–Trinajstić information content (AvgIpc) is 2.86. The van der Waals surface area contributed by atoms with Crippen LogP contribution in [0.1, 0.15) is 48.8 Å². The summed E-state index contributed by atoms with van der Waals surface area (Å²) < 4.78 is 5.35. The fourth-order valence-corrected chi connectivity index (χ4v) is 2.71. The van der Waals surface area contributed by atoms with E-state index in [1.54, 1.807) is 11.3 Å². The molecule has 0 aliphatic heterocycles. The van der Waals surface area contributed by atoms with Gasteiger partial charge in [0.25, 0.3) is 0 Å². The SMILES string of the molecule is Cc1ccc(C(C)C(=O)OCCC2(C)CC2)s1. The van der Waals surface area contributed by atoms with Crippen LogP contribution in [-0.2, 0) is 9.53 Å². The van der Waals surface area contributed by atoms with Gasteiger partial charge in [0, 0.05) is 9.75 Å². The standard InChI is InChI=1S/C14H20O2S/c1-10-4-5-12(17-10)11(2)13(15)16-9-8-14(3)6-7-14/h4-5,11H,6-9H2,1-3H3. The highest BCUT2D eigenvalue weighted by Crippen LogP contribution is 2.47. The number of hydrogen-bond donors (Lipinski definition) is 0. The maximum Gasteiger partial charge on any atom is 0.313 e. The Morgan fingerprint density at radius 1 is 1.53 bits per heavy atom. The quantitative estimate of drug-likeness (QED) is 0.743. The second-order valence-corrected chi connectivity index (χ2v) is 6.72. The van der Waals surface area contributed by atoms with Crippen molar-refractivity contribution in [1.82, 2.24) is 0 Å². The Morgan fingerprint density at radius 3 is 2.76 bits per heavy atom. The third-order valence-electron chi connectivity index (χ3n) is 3.59. The first-order valence-corrected chi connectivity index (χ1v) is 7.05. The van der Waals surface area contributed by atoms with Crippen molar-refractivity contribution in [3.8, 4) is 0 Å². The van der Waals surface area contributed by atoms with E-state index in [-0.39, 0.29) is 11.9 Å². The summed E-state index contributed by atoms with van der Waals surface area (Å²) in [6, 6.07) is 4.07. The monoisotopic (exact) mass is 252 g/mol. The molecule has 1 aliphatic carbocycles. The molecular formula is C14H20O2S. The summed E-state index contributed by atoms with van der Waals surface area (Å²) in [5.74, 6) is -0.211. The molecule has 0 radical (unpaired) electrons. The van der Waals surface area contributed by atoms with Crippen molar-refractivity contribution in [2.75, 3.05) is 6.61 Å². The normalized spacial score (nSPS) is 18.8. The molecule has 1 aromatic heterocycles. The van der Waals surface area contributed by atoms with Crippen LogP contribution < -0.4 is 0 Å². The molecule has 1 aliphatic rings. The van der Waals surface area contributed by atoms with Crippen molar-refractivity contribution in [3.05, 3.63) is 21.9 Å². The van der Waals surface area contributed by atoms with Crippen LogP contribution in [-0.4, -0.2) is 12.6 Å². The molecule has 1 heterocycles. The van der Waals surface area contributed by atoms with Crippen LogP contribution in [0.5, 0.6) is 0 Å². The average molecular weight is 252 g/mol. The van der Waals surface area contributed by atoms with Gasteiger partial charge in [-0.1, -0.05) is 6.92 Å². The van der Waals surface area contributed by atoms with Crippen molar-refractivity contribution in [1.29, 1.82) is 0 Å². The minimum Gasteiger partial charge on any atom is -0.465 e. The van der Waals surface area contributed by atoms with Crippen LogP contribution in [0.25, 0.3) is 0 Å². The zero-order valence-corrected chi connectivity index (χ0v) is 11.6. The van der Waals surface area contributed by atoms with Crippen molar-refractivity contribution >= 4 is 17.3 Å². The maximum absolute atomic E-state index is 11.8.